The molecule has 0 saturated carbocycles. The van der Waals surface area contributed by atoms with Gasteiger partial charge in [-0.1, -0.05) is 43.8 Å². The van der Waals surface area contributed by atoms with Crippen molar-refractivity contribution in [2.45, 2.75) is 43.2 Å². The Hall–Kier alpha value is -3.05. The van der Waals surface area contributed by atoms with Crippen LogP contribution < -0.4 is 10.1 Å². The summed E-state index contributed by atoms with van der Waals surface area (Å²) in [5.74, 6) is 0.914. The van der Waals surface area contributed by atoms with E-state index in [0.29, 0.717) is 6.61 Å². The second-order valence-corrected chi connectivity index (χ2v) is 8.37. The highest BCUT2D eigenvalue weighted by atomic mass is 32.2. The van der Waals surface area contributed by atoms with Gasteiger partial charge in [0.05, 0.1) is 0 Å². The number of aromatic nitrogens is 1. The van der Waals surface area contributed by atoms with Crippen LogP contribution >= 0.6 is 11.8 Å². The number of ether oxygens (including phenoxy) is 1. The number of nitrogens with one attached hydrogen (secondary N) is 1. The van der Waals surface area contributed by atoms with E-state index in [4.69, 9.17) is 4.74 Å². The average Bonchev–Trinajstić information content (AvgIpc) is 2.78. The molecule has 5 heteroatoms. The number of nitrogens with zero attached hydrogens (tertiary/aromatic N) is 1. The molecule has 4 nitrogen and oxygen atoms in total. The molecule has 3 aromatic rings. The van der Waals surface area contributed by atoms with Crippen molar-refractivity contribution in [3.8, 4) is 5.75 Å². The molecule has 0 spiro atoms. The maximum Gasteiger partial charge on any atom is 0.159 e. The van der Waals surface area contributed by atoms with Gasteiger partial charge >= 0.3 is 0 Å². The first kappa shape index (κ1) is 22.6. The average molecular weight is 433 g/mol. The Kier molecular flexibility index (Phi) is 7.90. The number of carbonyl (C=O) groups is 1. The van der Waals surface area contributed by atoms with Crippen molar-refractivity contribution in [1.29, 1.82) is 0 Å². The van der Waals surface area contributed by atoms with Crippen LogP contribution in [-0.2, 0) is 13.0 Å². The minimum Gasteiger partial charge on any atom is -0.489 e. The van der Waals surface area contributed by atoms with Crippen LogP contribution in [0.2, 0.25) is 0 Å². The number of rotatable bonds is 10. The van der Waals surface area contributed by atoms with E-state index in [9.17, 15) is 4.79 Å². The summed E-state index contributed by atoms with van der Waals surface area (Å²) >= 11 is 1.61. The summed E-state index contributed by atoms with van der Waals surface area (Å²) in [5, 5.41) is 3.96. The van der Waals surface area contributed by atoms with Crippen LogP contribution in [0, 0.1) is 0 Å². The third-order valence-corrected chi connectivity index (χ3v) is 5.83. The molecule has 0 aliphatic heterocycles. The van der Waals surface area contributed by atoms with Gasteiger partial charge in [0.15, 0.2) is 5.78 Å². The number of benzene rings is 2. The van der Waals surface area contributed by atoms with Crippen molar-refractivity contribution in [2.24, 2.45) is 0 Å². The fourth-order valence-electron chi connectivity index (χ4n) is 3.15. The highest BCUT2D eigenvalue weighted by molar-refractivity contribution is 7.99. The van der Waals surface area contributed by atoms with Gasteiger partial charge in [0, 0.05) is 35.0 Å². The van der Waals surface area contributed by atoms with E-state index in [1.165, 1.54) is 0 Å². The van der Waals surface area contributed by atoms with Gasteiger partial charge in [0.2, 0.25) is 0 Å². The maximum atomic E-state index is 11.7. The second kappa shape index (κ2) is 10.8. The van der Waals surface area contributed by atoms with Crippen molar-refractivity contribution < 1.29 is 9.53 Å². The van der Waals surface area contributed by atoms with Crippen LogP contribution in [0.4, 0.5) is 0 Å². The van der Waals surface area contributed by atoms with Crippen molar-refractivity contribution in [1.82, 2.24) is 10.3 Å². The minimum atomic E-state index is 0.0746. The molecule has 0 amide bonds. The van der Waals surface area contributed by atoms with E-state index in [2.05, 4.69) is 42.0 Å². The molecule has 0 saturated heterocycles. The van der Waals surface area contributed by atoms with E-state index >= 15 is 0 Å². The first-order valence-electron chi connectivity index (χ1n) is 10.4. The van der Waals surface area contributed by atoms with Crippen molar-refractivity contribution in [3.63, 3.8) is 0 Å². The molecule has 0 unspecified atom stereocenters. The lowest BCUT2D eigenvalue weighted by Gasteiger charge is -2.13. The molecule has 0 atom stereocenters. The molecule has 0 fully saturated rings. The molecule has 0 radical (unpaired) electrons. The van der Waals surface area contributed by atoms with Crippen LogP contribution in [0.25, 0.3) is 5.70 Å². The van der Waals surface area contributed by atoms with Crippen molar-refractivity contribution >= 4 is 23.2 Å². The largest absolute Gasteiger partial charge is 0.489 e. The third kappa shape index (κ3) is 6.22. The number of aryl methyl sites for hydroxylation is 1. The molecule has 0 aliphatic carbocycles. The van der Waals surface area contributed by atoms with E-state index < -0.39 is 0 Å². The van der Waals surface area contributed by atoms with Gasteiger partial charge in [-0.2, -0.15) is 0 Å². The number of Topliss-reactive ketones (excluding diaryl/α,β-unsaturated/α-hetero) is 1. The van der Waals surface area contributed by atoms with E-state index in [1.807, 2.05) is 49.6 Å². The molecule has 3 rings (SSSR count). The molecule has 1 aromatic heterocycles. The lowest BCUT2D eigenvalue weighted by Crippen LogP contribution is -2.03. The zero-order valence-corrected chi connectivity index (χ0v) is 19.1. The highest BCUT2D eigenvalue weighted by Gasteiger charge is 2.09. The molecule has 1 N–H and O–H groups in total. The molecule has 1 heterocycles. The molecule has 31 heavy (non-hydrogen) atoms. The Bertz CT molecular complexity index is 1060. The first-order chi connectivity index (χ1) is 15.0. The predicted molar refractivity (Wildman–Crippen MR) is 128 cm³/mol. The van der Waals surface area contributed by atoms with Crippen molar-refractivity contribution in [2.75, 3.05) is 7.05 Å². The Morgan fingerprint density at radius 2 is 1.94 bits per heavy atom. The highest BCUT2D eigenvalue weighted by Crippen LogP contribution is 2.28. The molecule has 2 aromatic carbocycles. The standard InChI is InChI=1S/C26H28N2O2S/c1-5-7-22-15-21(19(3)29)10-12-25(22)30-17-20-8-6-9-24(14-20)31-26-13-11-23(16-28-26)18(2)27-4/h6,8-16,27H,2,5,7,17H2,1,3-4H3. The van der Waals surface area contributed by atoms with Crippen molar-refractivity contribution in [3.05, 3.63) is 89.6 Å². The summed E-state index contributed by atoms with van der Waals surface area (Å²) in [6, 6.07) is 18.0. The molecule has 0 aliphatic rings. The van der Waals surface area contributed by atoms with Gasteiger partial charge in [-0.3, -0.25) is 4.79 Å². The predicted octanol–water partition coefficient (Wildman–Crippen LogP) is 6.16. The van der Waals surface area contributed by atoms with E-state index in [1.54, 1.807) is 18.7 Å². The van der Waals surface area contributed by atoms with Crippen LogP contribution in [0.15, 0.2) is 77.3 Å². The maximum absolute atomic E-state index is 11.7. The number of ketones is 1. The summed E-state index contributed by atoms with van der Waals surface area (Å²) in [7, 11) is 1.85. The fraction of sp³-hybridized carbons (Fsp3) is 0.231. The van der Waals surface area contributed by atoms with Gasteiger partial charge < -0.3 is 10.1 Å². The number of hydrogen-bond acceptors (Lipinski definition) is 5. The lowest BCUT2D eigenvalue weighted by atomic mass is 10.0. The number of carbonyl (C=O) groups excluding carboxylic acids is 1. The minimum absolute atomic E-state index is 0.0746. The molecule has 160 valence electrons. The summed E-state index contributed by atoms with van der Waals surface area (Å²) in [4.78, 5) is 17.3. The smallest absolute Gasteiger partial charge is 0.159 e. The topological polar surface area (TPSA) is 51.2 Å². The van der Waals surface area contributed by atoms with Crippen LogP contribution in [0.1, 0.15) is 47.3 Å². The molecular weight excluding hydrogens is 404 g/mol. The summed E-state index contributed by atoms with van der Waals surface area (Å²) in [5.41, 5.74) is 4.72. The Labute approximate surface area is 188 Å². The Balaban J connectivity index is 1.68. The second-order valence-electron chi connectivity index (χ2n) is 7.28. The quantitative estimate of drug-likeness (QED) is 0.389. The van der Waals surface area contributed by atoms with Crippen LogP contribution in [0.5, 0.6) is 5.75 Å². The Morgan fingerprint density at radius 3 is 2.61 bits per heavy atom. The fourth-order valence-corrected chi connectivity index (χ4v) is 3.99. The van der Waals surface area contributed by atoms with E-state index in [0.717, 1.165) is 56.5 Å². The van der Waals surface area contributed by atoms with Gasteiger partial charge in [-0.15, -0.1) is 0 Å². The van der Waals surface area contributed by atoms with Gasteiger partial charge in [-0.05, 0) is 66.9 Å². The summed E-state index contributed by atoms with van der Waals surface area (Å²) in [6.07, 6.45) is 3.71. The number of pyridine rings is 1. The van der Waals surface area contributed by atoms with Gasteiger partial charge in [-0.25, -0.2) is 4.98 Å². The van der Waals surface area contributed by atoms with E-state index in [-0.39, 0.29) is 5.78 Å². The van der Waals surface area contributed by atoms with Crippen LogP contribution in [-0.4, -0.2) is 17.8 Å². The third-order valence-electron chi connectivity index (χ3n) is 4.89. The zero-order chi connectivity index (χ0) is 22.2. The monoisotopic (exact) mass is 432 g/mol. The zero-order valence-electron chi connectivity index (χ0n) is 18.3. The van der Waals surface area contributed by atoms with Gasteiger partial charge in [0.25, 0.3) is 0 Å². The first-order valence-corrected chi connectivity index (χ1v) is 11.2. The summed E-state index contributed by atoms with van der Waals surface area (Å²) in [6.45, 7) is 8.14. The Morgan fingerprint density at radius 1 is 1.13 bits per heavy atom. The lowest BCUT2D eigenvalue weighted by molar-refractivity contribution is 0.101. The normalized spacial score (nSPS) is 10.5. The molecule has 0 bridgehead atoms. The SMILES string of the molecule is C=C(NC)c1ccc(Sc2cccc(COc3ccc(C(C)=O)cc3CCC)c2)nc1. The van der Waals surface area contributed by atoms with Crippen LogP contribution in [0.3, 0.4) is 0 Å². The van der Waals surface area contributed by atoms with Gasteiger partial charge in [0.1, 0.15) is 17.4 Å². The molecular formula is C26H28N2O2S. The summed E-state index contributed by atoms with van der Waals surface area (Å²) < 4.78 is 6.12. The number of hydrogen-bond donors (Lipinski definition) is 1.